The Bertz CT molecular complexity index is 691. The molecule has 0 bridgehead atoms. The molecule has 0 unspecified atom stereocenters. The lowest BCUT2D eigenvalue weighted by Crippen LogP contribution is -2.23. The lowest BCUT2D eigenvalue weighted by Gasteiger charge is -2.21. The van der Waals surface area contributed by atoms with Crippen molar-refractivity contribution in [1.82, 2.24) is 5.32 Å². The van der Waals surface area contributed by atoms with Gasteiger partial charge in [-0.1, -0.05) is 66.2 Å². The molecule has 0 atom stereocenters. The van der Waals surface area contributed by atoms with Crippen molar-refractivity contribution >= 4 is 11.5 Å². The van der Waals surface area contributed by atoms with Crippen molar-refractivity contribution in [2.75, 3.05) is 13.1 Å². The molecule has 0 radical (unpaired) electrons. The number of hydrogen-bond donors (Lipinski definition) is 2. The van der Waals surface area contributed by atoms with Gasteiger partial charge in [-0.3, -0.25) is 0 Å². The number of alkyl halides is 3. The molecule has 1 saturated heterocycles. The van der Waals surface area contributed by atoms with Crippen LogP contribution >= 0.6 is 0 Å². The summed E-state index contributed by atoms with van der Waals surface area (Å²) in [6, 6.07) is 21.5. The van der Waals surface area contributed by atoms with Gasteiger partial charge in [-0.25, -0.2) is 4.79 Å². The quantitative estimate of drug-likeness (QED) is 0.826. The van der Waals surface area contributed by atoms with Crippen LogP contribution in [-0.2, 0) is 4.79 Å². The van der Waals surface area contributed by atoms with Crippen LogP contribution in [0.15, 0.2) is 66.2 Å². The van der Waals surface area contributed by atoms with Crippen LogP contribution in [0.3, 0.4) is 0 Å². The SMILES string of the molecule is O=C(O)C(F)(F)F.c1ccc(C(=C2CCNCC2)c2ccccc2)cc1. The molecule has 1 fully saturated rings. The fourth-order valence-corrected chi connectivity index (χ4v) is 2.76. The summed E-state index contributed by atoms with van der Waals surface area (Å²) in [5, 5.41) is 10.6. The number of nitrogens with one attached hydrogen (secondary N) is 1. The normalized spacial score (nSPS) is 14.2. The first kappa shape index (κ1) is 19.7. The van der Waals surface area contributed by atoms with Crippen LogP contribution in [0.5, 0.6) is 0 Å². The third-order valence-corrected chi connectivity index (χ3v) is 3.93. The van der Waals surface area contributed by atoms with Gasteiger partial charge in [0.25, 0.3) is 0 Å². The maximum absolute atomic E-state index is 10.6. The van der Waals surface area contributed by atoms with Crippen LogP contribution in [0.4, 0.5) is 13.2 Å². The number of carboxylic acid groups (broad SMARTS) is 1. The summed E-state index contributed by atoms with van der Waals surface area (Å²) < 4.78 is 31.7. The molecule has 2 N–H and O–H groups in total. The molecule has 1 aliphatic heterocycles. The average molecular weight is 363 g/mol. The van der Waals surface area contributed by atoms with Gasteiger partial charge in [-0.2, -0.15) is 13.2 Å². The van der Waals surface area contributed by atoms with Crippen molar-refractivity contribution in [3.8, 4) is 0 Å². The topological polar surface area (TPSA) is 49.3 Å². The average Bonchev–Trinajstić information content (AvgIpc) is 2.64. The van der Waals surface area contributed by atoms with Gasteiger partial charge in [-0.15, -0.1) is 0 Å². The zero-order valence-electron chi connectivity index (χ0n) is 14.1. The maximum Gasteiger partial charge on any atom is 0.490 e. The van der Waals surface area contributed by atoms with Gasteiger partial charge in [0.15, 0.2) is 0 Å². The number of rotatable bonds is 2. The Morgan fingerprint density at radius 3 is 1.58 bits per heavy atom. The summed E-state index contributed by atoms with van der Waals surface area (Å²) in [7, 11) is 0. The standard InChI is InChI=1S/C18H19N.C2HF3O2/c1-3-7-15(8-4-1)18(16-9-5-2-6-10-16)17-11-13-19-14-12-17;3-2(4,5)1(6)7/h1-10,19H,11-14H2;(H,6,7). The van der Waals surface area contributed by atoms with Gasteiger partial charge < -0.3 is 10.4 Å². The number of piperidine rings is 1. The summed E-state index contributed by atoms with van der Waals surface area (Å²) >= 11 is 0. The van der Waals surface area contributed by atoms with Crippen molar-refractivity contribution in [3.05, 3.63) is 77.4 Å². The first-order chi connectivity index (χ1) is 12.4. The molecule has 0 aromatic heterocycles. The second-order valence-electron chi connectivity index (χ2n) is 5.76. The third-order valence-electron chi connectivity index (χ3n) is 3.93. The van der Waals surface area contributed by atoms with Crippen LogP contribution in [0, 0.1) is 0 Å². The van der Waals surface area contributed by atoms with Gasteiger partial charge in [0, 0.05) is 0 Å². The van der Waals surface area contributed by atoms with Gasteiger partial charge in [0.2, 0.25) is 0 Å². The van der Waals surface area contributed by atoms with E-state index in [-0.39, 0.29) is 0 Å². The predicted octanol–water partition coefficient (Wildman–Crippen LogP) is 4.51. The minimum Gasteiger partial charge on any atom is -0.475 e. The molecule has 26 heavy (non-hydrogen) atoms. The van der Waals surface area contributed by atoms with Crippen molar-refractivity contribution in [2.45, 2.75) is 19.0 Å². The highest BCUT2D eigenvalue weighted by atomic mass is 19.4. The molecular weight excluding hydrogens is 343 g/mol. The molecular formula is C20H20F3NO2. The molecule has 2 aromatic carbocycles. The van der Waals surface area contributed by atoms with E-state index in [1.165, 1.54) is 16.7 Å². The van der Waals surface area contributed by atoms with E-state index in [4.69, 9.17) is 9.90 Å². The number of hydrogen-bond acceptors (Lipinski definition) is 2. The summed E-state index contributed by atoms with van der Waals surface area (Å²) in [6.45, 7) is 2.19. The van der Waals surface area contributed by atoms with Crippen molar-refractivity contribution in [2.24, 2.45) is 0 Å². The summed E-state index contributed by atoms with van der Waals surface area (Å²) in [5.41, 5.74) is 5.69. The summed E-state index contributed by atoms with van der Waals surface area (Å²) in [5.74, 6) is -2.76. The Kier molecular flexibility index (Phi) is 6.97. The molecule has 1 aliphatic rings. The Balaban J connectivity index is 0.000000298. The van der Waals surface area contributed by atoms with Crippen LogP contribution in [-0.4, -0.2) is 30.3 Å². The first-order valence-electron chi connectivity index (χ1n) is 8.23. The summed E-state index contributed by atoms with van der Waals surface area (Å²) in [4.78, 5) is 8.90. The number of carboxylic acids is 1. The van der Waals surface area contributed by atoms with Crippen molar-refractivity contribution in [3.63, 3.8) is 0 Å². The number of halogens is 3. The van der Waals surface area contributed by atoms with E-state index in [1.807, 2.05) is 0 Å². The van der Waals surface area contributed by atoms with Crippen molar-refractivity contribution in [1.29, 1.82) is 0 Å². The molecule has 138 valence electrons. The van der Waals surface area contributed by atoms with Crippen LogP contribution in [0.25, 0.3) is 5.57 Å². The van der Waals surface area contributed by atoms with E-state index in [0.29, 0.717) is 0 Å². The highest BCUT2D eigenvalue weighted by molar-refractivity contribution is 5.82. The van der Waals surface area contributed by atoms with Crippen molar-refractivity contribution < 1.29 is 23.1 Å². The second-order valence-corrected chi connectivity index (χ2v) is 5.76. The Hall–Kier alpha value is -2.60. The van der Waals surface area contributed by atoms with E-state index < -0.39 is 12.1 Å². The second kappa shape index (κ2) is 9.20. The smallest absolute Gasteiger partial charge is 0.475 e. The predicted molar refractivity (Wildman–Crippen MR) is 94.7 cm³/mol. The van der Waals surface area contributed by atoms with Gasteiger partial charge in [0.05, 0.1) is 0 Å². The first-order valence-corrected chi connectivity index (χ1v) is 8.23. The lowest BCUT2D eigenvalue weighted by atomic mass is 9.89. The molecule has 3 nitrogen and oxygen atoms in total. The highest BCUT2D eigenvalue weighted by Gasteiger charge is 2.38. The molecule has 0 spiro atoms. The molecule has 0 saturated carbocycles. The molecule has 2 aromatic rings. The van der Waals surface area contributed by atoms with Gasteiger partial charge in [-0.05, 0) is 42.6 Å². The number of aliphatic carboxylic acids is 1. The van der Waals surface area contributed by atoms with E-state index in [9.17, 15) is 13.2 Å². The largest absolute Gasteiger partial charge is 0.490 e. The Morgan fingerprint density at radius 2 is 1.23 bits per heavy atom. The van der Waals surface area contributed by atoms with Crippen LogP contribution in [0.2, 0.25) is 0 Å². The molecule has 0 aliphatic carbocycles. The van der Waals surface area contributed by atoms with Crippen LogP contribution in [0.1, 0.15) is 24.0 Å². The van der Waals surface area contributed by atoms with E-state index >= 15 is 0 Å². The number of benzene rings is 2. The van der Waals surface area contributed by atoms with Gasteiger partial charge in [0.1, 0.15) is 0 Å². The molecule has 0 amide bonds. The highest BCUT2D eigenvalue weighted by Crippen LogP contribution is 2.30. The minimum atomic E-state index is -5.08. The van der Waals surface area contributed by atoms with Gasteiger partial charge >= 0.3 is 12.1 Å². The third kappa shape index (κ3) is 5.74. The zero-order chi connectivity index (χ0) is 19.0. The fourth-order valence-electron chi connectivity index (χ4n) is 2.76. The Labute approximate surface area is 150 Å². The number of carbonyl (C=O) groups is 1. The molecule has 3 rings (SSSR count). The zero-order valence-corrected chi connectivity index (χ0v) is 14.1. The van der Waals surface area contributed by atoms with Crippen LogP contribution < -0.4 is 5.32 Å². The molecule has 6 heteroatoms. The Morgan fingerprint density at radius 1 is 0.846 bits per heavy atom. The lowest BCUT2D eigenvalue weighted by molar-refractivity contribution is -0.192. The summed E-state index contributed by atoms with van der Waals surface area (Å²) in [6.07, 6.45) is -2.78. The van der Waals surface area contributed by atoms with E-state index in [1.54, 1.807) is 5.57 Å². The van der Waals surface area contributed by atoms with E-state index in [0.717, 1.165) is 25.9 Å². The monoisotopic (exact) mass is 363 g/mol. The fraction of sp³-hybridized carbons (Fsp3) is 0.250. The maximum atomic E-state index is 10.6. The molecule has 1 heterocycles. The minimum absolute atomic E-state index is 1.10. The van der Waals surface area contributed by atoms with E-state index in [2.05, 4.69) is 66.0 Å².